The fraction of sp³-hybridized carbons (Fsp3) is 0.286. The van der Waals surface area contributed by atoms with Gasteiger partial charge in [0.05, 0.1) is 16.8 Å². The van der Waals surface area contributed by atoms with Gasteiger partial charge in [-0.3, -0.25) is 9.59 Å². The number of carbonyl (C=O) groups excluding carboxylic acids is 2. The lowest BCUT2D eigenvalue weighted by atomic mass is 10.1. The Labute approximate surface area is 172 Å². The summed E-state index contributed by atoms with van der Waals surface area (Å²) >= 11 is 2.99. The maximum absolute atomic E-state index is 12.8. The Morgan fingerprint density at radius 1 is 1.18 bits per heavy atom. The van der Waals surface area contributed by atoms with E-state index in [-0.39, 0.29) is 18.4 Å². The van der Waals surface area contributed by atoms with Gasteiger partial charge in [-0.15, -0.1) is 11.8 Å². The van der Waals surface area contributed by atoms with Crippen LogP contribution in [0.2, 0.25) is 0 Å². The second-order valence-electron chi connectivity index (χ2n) is 6.30. The molecule has 5 nitrogen and oxygen atoms in total. The molecule has 0 N–H and O–H groups in total. The number of benzene rings is 2. The number of aryl methyl sites for hydroxylation is 2. The first-order chi connectivity index (χ1) is 13.4. The monoisotopic (exact) mass is 414 g/mol. The Kier molecular flexibility index (Phi) is 6.36. The number of hydrogen-bond acceptors (Lipinski definition) is 5. The Bertz CT molecular complexity index is 1110. The lowest BCUT2D eigenvalue weighted by Crippen LogP contribution is -2.23. The predicted octanol–water partition coefficient (Wildman–Crippen LogP) is 4.35. The molecule has 0 aliphatic heterocycles. The molecule has 2 aromatic carbocycles. The molecular formula is C21H22N2O3S2. The number of ether oxygens (including phenoxy) is 1. The normalized spacial score (nSPS) is 11.8. The van der Waals surface area contributed by atoms with Gasteiger partial charge in [0.2, 0.25) is 0 Å². The number of aromatic nitrogens is 1. The first-order valence-electron chi connectivity index (χ1n) is 8.93. The molecule has 0 bridgehead atoms. The highest BCUT2D eigenvalue weighted by molar-refractivity contribution is 7.98. The lowest BCUT2D eigenvalue weighted by molar-refractivity contribution is -0.143. The topological polar surface area (TPSA) is 60.7 Å². The van der Waals surface area contributed by atoms with Crippen LogP contribution in [0.15, 0.2) is 46.3 Å². The van der Waals surface area contributed by atoms with E-state index in [2.05, 4.69) is 4.99 Å². The quantitative estimate of drug-likeness (QED) is 0.460. The van der Waals surface area contributed by atoms with Crippen molar-refractivity contribution in [2.45, 2.75) is 32.2 Å². The molecule has 0 unspecified atom stereocenters. The molecular weight excluding hydrogens is 392 g/mol. The molecule has 3 aromatic rings. The summed E-state index contributed by atoms with van der Waals surface area (Å²) < 4.78 is 7.93. The molecule has 1 amide bonds. The van der Waals surface area contributed by atoms with E-state index in [0.717, 1.165) is 26.2 Å². The summed E-state index contributed by atoms with van der Waals surface area (Å²) in [6.45, 7) is 6.11. The van der Waals surface area contributed by atoms with Crippen molar-refractivity contribution in [3.05, 3.63) is 57.9 Å². The Morgan fingerprint density at radius 2 is 1.93 bits per heavy atom. The average molecular weight is 415 g/mol. The molecule has 7 heteroatoms. The summed E-state index contributed by atoms with van der Waals surface area (Å²) in [4.78, 5) is 30.8. The lowest BCUT2D eigenvalue weighted by Gasteiger charge is -2.07. The van der Waals surface area contributed by atoms with Gasteiger partial charge in [-0.05, 0) is 56.4 Å². The van der Waals surface area contributed by atoms with Crippen LogP contribution in [0.1, 0.15) is 28.4 Å². The maximum Gasteiger partial charge on any atom is 0.326 e. The first-order valence-corrected chi connectivity index (χ1v) is 11.0. The molecule has 3 rings (SSSR count). The van der Waals surface area contributed by atoms with Crippen molar-refractivity contribution in [1.29, 1.82) is 0 Å². The number of thiazole rings is 1. The number of esters is 1. The van der Waals surface area contributed by atoms with E-state index in [1.807, 2.05) is 50.4 Å². The Morgan fingerprint density at radius 3 is 2.64 bits per heavy atom. The Balaban J connectivity index is 2.17. The molecule has 1 aromatic heterocycles. The van der Waals surface area contributed by atoms with Crippen molar-refractivity contribution in [3.8, 4) is 0 Å². The van der Waals surface area contributed by atoms with Gasteiger partial charge in [0, 0.05) is 10.5 Å². The third-order valence-electron chi connectivity index (χ3n) is 4.33. The van der Waals surface area contributed by atoms with E-state index in [0.29, 0.717) is 17.0 Å². The highest BCUT2D eigenvalue weighted by Crippen LogP contribution is 2.25. The molecule has 146 valence electrons. The fourth-order valence-corrected chi connectivity index (χ4v) is 4.58. The van der Waals surface area contributed by atoms with Crippen molar-refractivity contribution >= 4 is 45.2 Å². The summed E-state index contributed by atoms with van der Waals surface area (Å²) in [7, 11) is 0. The van der Waals surface area contributed by atoms with Crippen LogP contribution in [0.25, 0.3) is 10.2 Å². The smallest absolute Gasteiger partial charge is 0.326 e. The molecule has 0 atom stereocenters. The van der Waals surface area contributed by atoms with E-state index >= 15 is 0 Å². The summed E-state index contributed by atoms with van der Waals surface area (Å²) in [5, 5.41) is 0. The number of thioether (sulfide) groups is 1. The van der Waals surface area contributed by atoms with E-state index in [4.69, 9.17) is 4.74 Å². The fourth-order valence-electron chi connectivity index (χ4n) is 2.95. The standard InChI is InChI=1S/C21H22N2O3S2/c1-5-26-17(24)12-23-18-13(2)9-10-14(3)19(18)28-21(23)22-20(25)15-7-6-8-16(11-15)27-4/h6-11H,5,12H2,1-4H3. The number of carbonyl (C=O) groups is 2. The van der Waals surface area contributed by atoms with E-state index in [1.165, 1.54) is 11.3 Å². The van der Waals surface area contributed by atoms with Gasteiger partial charge in [-0.2, -0.15) is 4.99 Å². The average Bonchev–Trinajstić information content (AvgIpc) is 3.04. The predicted molar refractivity (Wildman–Crippen MR) is 114 cm³/mol. The first kappa shape index (κ1) is 20.4. The minimum atomic E-state index is -0.346. The summed E-state index contributed by atoms with van der Waals surface area (Å²) in [6.07, 6.45) is 1.96. The van der Waals surface area contributed by atoms with Gasteiger partial charge in [0.25, 0.3) is 5.91 Å². The molecule has 0 fully saturated rings. The van der Waals surface area contributed by atoms with Crippen LogP contribution in [0.5, 0.6) is 0 Å². The van der Waals surface area contributed by atoms with Gasteiger partial charge in [-0.25, -0.2) is 0 Å². The Hall–Kier alpha value is -2.38. The number of fused-ring (bicyclic) bond motifs is 1. The van der Waals surface area contributed by atoms with Crippen LogP contribution in [-0.2, 0) is 16.1 Å². The van der Waals surface area contributed by atoms with Crippen LogP contribution in [0.4, 0.5) is 0 Å². The van der Waals surface area contributed by atoms with E-state index < -0.39 is 0 Å². The molecule has 0 aliphatic rings. The van der Waals surface area contributed by atoms with Gasteiger partial charge in [0.15, 0.2) is 4.80 Å². The van der Waals surface area contributed by atoms with Gasteiger partial charge < -0.3 is 9.30 Å². The zero-order valence-corrected chi connectivity index (χ0v) is 17.9. The zero-order valence-electron chi connectivity index (χ0n) is 16.3. The molecule has 0 saturated carbocycles. The van der Waals surface area contributed by atoms with E-state index in [1.54, 1.807) is 29.3 Å². The highest BCUT2D eigenvalue weighted by Gasteiger charge is 2.16. The SMILES string of the molecule is CCOC(=O)Cn1c(=NC(=O)c2cccc(SC)c2)sc2c(C)ccc(C)c21. The number of nitrogens with zero attached hydrogens (tertiary/aromatic N) is 2. The molecule has 0 saturated heterocycles. The van der Waals surface area contributed by atoms with Crippen LogP contribution in [0.3, 0.4) is 0 Å². The number of hydrogen-bond donors (Lipinski definition) is 0. The molecule has 28 heavy (non-hydrogen) atoms. The van der Waals surface area contributed by atoms with Gasteiger partial charge >= 0.3 is 5.97 Å². The van der Waals surface area contributed by atoms with Crippen molar-refractivity contribution < 1.29 is 14.3 Å². The summed E-state index contributed by atoms with van der Waals surface area (Å²) in [5.74, 6) is -0.670. The van der Waals surface area contributed by atoms with Crippen LogP contribution >= 0.6 is 23.1 Å². The summed E-state index contributed by atoms with van der Waals surface area (Å²) in [5.41, 5.74) is 3.56. The highest BCUT2D eigenvalue weighted by atomic mass is 32.2. The van der Waals surface area contributed by atoms with Gasteiger partial charge in [-0.1, -0.05) is 29.5 Å². The van der Waals surface area contributed by atoms with Gasteiger partial charge in [0.1, 0.15) is 6.54 Å². The van der Waals surface area contributed by atoms with Crippen molar-refractivity contribution in [2.75, 3.05) is 12.9 Å². The van der Waals surface area contributed by atoms with Crippen LogP contribution in [-0.4, -0.2) is 29.3 Å². The van der Waals surface area contributed by atoms with Crippen molar-refractivity contribution in [2.24, 2.45) is 4.99 Å². The third-order valence-corrected chi connectivity index (χ3v) is 6.27. The number of rotatable bonds is 5. The minimum Gasteiger partial charge on any atom is -0.465 e. The number of amides is 1. The van der Waals surface area contributed by atoms with E-state index in [9.17, 15) is 9.59 Å². The van der Waals surface area contributed by atoms with Crippen LogP contribution in [0, 0.1) is 13.8 Å². The summed E-state index contributed by atoms with van der Waals surface area (Å²) in [6, 6.07) is 11.4. The second kappa shape index (κ2) is 8.75. The van der Waals surface area contributed by atoms with Crippen molar-refractivity contribution in [1.82, 2.24) is 4.57 Å². The van der Waals surface area contributed by atoms with Crippen LogP contribution < -0.4 is 4.80 Å². The zero-order chi connectivity index (χ0) is 20.3. The molecule has 0 radical (unpaired) electrons. The molecule has 1 heterocycles. The third kappa shape index (κ3) is 4.20. The largest absolute Gasteiger partial charge is 0.465 e. The molecule has 0 spiro atoms. The second-order valence-corrected chi connectivity index (χ2v) is 8.16. The van der Waals surface area contributed by atoms with Crippen molar-refractivity contribution in [3.63, 3.8) is 0 Å². The maximum atomic E-state index is 12.8. The minimum absolute atomic E-state index is 0.0229. The molecule has 0 aliphatic carbocycles.